The molecule has 1 aliphatic rings. The van der Waals surface area contributed by atoms with Crippen LogP contribution in [0.2, 0.25) is 0 Å². The lowest BCUT2D eigenvalue weighted by Gasteiger charge is -2.32. The van der Waals surface area contributed by atoms with Crippen molar-refractivity contribution in [3.63, 3.8) is 0 Å². The van der Waals surface area contributed by atoms with Crippen LogP contribution < -0.4 is 5.59 Å². The molecule has 0 aromatic carbocycles. The van der Waals surface area contributed by atoms with Crippen molar-refractivity contribution in [3.8, 4) is 0 Å². The molecule has 92 valence electrons. The Hall–Kier alpha value is -0.455. The number of pyridine rings is 1. The molecule has 6 heteroatoms. The number of hydrogen-bond acceptors (Lipinski definition) is 3. The predicted molar refractivity (Wildman–Crippen MR) is 67.6 cm³/mol. The maximum absolute atomic E-state index is 13.3. The zero-order valence-corrected chi connectivity index (χ0v) is 11.8. The van der Waals surface area contributed by atoms with Gasteiger partial charge in [0.2, 0.25) is 0 Å². The Morgan fingerprint density at radius 1 is 1.18 bits per heavy atom. The monoisotopic (exact) mass is 301 g/mol. The Labute approximate surface area is 109 Å². The van der Waals surface area contributed by atoms with E-state index in [9.17, 15) is 4.39 Å². The fourth-order valence-corrected chi connectivity index (χ4v) is 1.99. The summed E-state index contributed by atoms with van der Waals surface area (Å²) in [5, 5.41) is 0. The lowest BCUT2D eigenvalue weighted by Crippen LogP contribution is -2.41. The van der Waals surface area contributed by atoms with Crippen molar-refractivity contribution in [3.05, 3.63) is 22.6 Å². The van der Waals surface area contributed by atoms with Gasteiger partial charge in [-0.15, -0.1) is 0 Å². The highest BCUT2D eigenvalue weighted by molar-refractivity contribution is 9.10. The van der Waals surface area contributed by atoms with Crippen LogP contribution in [0.4, 0.5) is 4.39 Å². The summed E-state index contributed by atoms with van der Waals surface area (Å²) in [6, 6.07) is 2.63. The van der Waals surface area contributed by atoms with Crippen molar-refractivity contribution in [2.75, 3.05) is 0 Å². The number of rotatable bonds is 1. The van der Waals surface area contributed by atoms with Crippen LogP contribution in [0.3, 0.4) is 0 Å². The molecule has 17 heavy (non-hydrogen) atoms. The molecule has 1 aliphatic heterocycles. The molecule has 0 unspecified atom stereocenters. The predicted octanol–water partition coefficient (Wildman–Crippen LogP) is 2.28. The average Bonchev–Trinajstić information content (AvgIpc) is 2.34. The third-order valence-corrected chi connectivity index (χ3v) is 3.68. The van der Waals surface area contributed by atoms with E-state index in [1.165, 1.54) is 12.1 Å². The van der Waals surface area contributed by atoms with Crippen LogP contribution in [-0.2, 0) is 9.31 Å². The zero-order chi connectivity index (χ0) is 12.8. The van der Waals surface area contributed by atoms with Crippen LogP contribution in [0.15, 0.2) is 16.7 Å². The molecule has 2 rings (SSSR count). The van der Waals surface area contributed by atoms with Crippen molar-refractivity contribution >= 4 is 28.6 Å². The van der Waals surface area contributed by atoms with Gasteiger partial charge in [-0.2, -0.15) is 0 Å². The smallest absolute Gasteiger partial charge is 0.398 e. The topological polar surface area (TPSA) is 31.4 Å². The average molecular weight is 302 g/mol. The van der Waals surface area contributed by atoms with Crippen molar-refractivity contribution in [1.29, 1.82) is 0 Å². The summed E-state index contributed by atoms with van der Waals surface area (Å²) in [4.78, 5) is 4.17. The zero-order valence-electron chi connectivity index (χ0n) is 10.3. The quantitative estimate of drug-likeness (QED) is 0.589. The van der Waals surface area contributed by atoms with Crippen molar-refractivity contribution in [2.24, 2.45) is 0 Å². The van der Waals surface area contributed by atoms with Crippen LogP contribution >= 0.6 is 15.9 Å². The standard InChI is InChI=1S/C11H14BBrFNO2/c1-10(2)11(3,4)17-12(16-10)8-5-7(14)6-9(13)15-8/h5-6H,1-4H3. The van der Waals surface area contributed by atoms with Gasteiger partial charge in [0, 0.05) is 6.07 Å². The maximum Gasteiger partial charge on any atom is 0.514 e. The van der Waals surface area contributed by atoms with Crippen LogP contribution in [0.1, 0.15) is 27.7 Å². The second-order valence-electron chi connectivity index (χ2n) is 5.12. The van der Waals surface area contributed by atoms with E-state index in [4.69, 9.17) is 9.31 Å². The van der Waals surface area contributed by atoms with E-state index in [1.807, 2.05) is 27.7 Å². The molecule has 0 spiro atoms. The van der Waals surface area contributed by atoms with E-state index >= 15 is 0 Å². The molecule has 0 bridgehead atoms. The second kappa shape index (κ2) is 4.04. The largest absolute Gasteiger partial charge is 0.514 e. The van der Waals surface area contributed by atoms with Gasteiger partial charge in [-0.05, 0) is 49.7 Å². The molecule has 0 amide bonds. The molecular formula is C11H14BBrFNO2. The van der Waals surface area contributed by atoms with Gasteiger partial charge in [0.05, 0.1) is 16.8 Å². The third kappa shape index (κ3) is 2.39. The van der Waals surface area contributed by atoms with Gasteiger partial charge in [-0.1, -0.05) is 0 Å². The van der Waals surface area contributed by atoms with Crippen LogP contribution in [0, 0.1) is 5.82 Å². The van der Waals surface area contributed by atoms with Gasteiger partial charge < -0.3 is 9.31 Å². The van der Waals surface area contributed by atoms with Gasteiger partial charge in [0.25, 0.3) is 0 Å². The van der Waals surface area contributed by atoms with Gasteiger partial charge in [-0.3, -0.25) is 0 Å². The SMILES string of the molecule is CC1(C)OB(c2cc(F)cc(Br)n2)OC1(C)C. The first-order valence-electron chi connectivity index (χ1n) is 5.40. The number of halogens is 2. The number of aromatic nitrogens is 1. The summed E-state index contributed by atoms with van der Waals surface area (Å²) in [6.07, 6.45) is 0. The molecule has 0 atom stereocenters. The van der Waals surface area contributed by atoms with Crippen LogP contribution in [-0.4, -0.2) is 23.3 Å². The lowest BCUT2D eigenvalue weighted by atomic mass is 9.84. The van der Waals surface area contributed by atoms with Crippen molar-refractivity contribution < 1.29 is 13.7 Å². The first kappa shape index (κ1) is 13.0. The van der Waals surface area contributed by atoms with Gasteiger partial charge in [-0.25, -0.2) is 9.37 Å². The summed E-state index contributed by atoms with van der Waals surface area (Å²) in [5.41, 5.74) is -0.452. The molecule has 0 N–H and O–H groups in total. The summed E-state index contributed by atoms with van der Waals surface area (Å²) in [7, 11) is -0.632. The summed E-state index contributed by atoms with van der Waals surface area (Å²) in [6.45, 7) is 7.78. The van der Waals surface area contributed by atoms with E-state index in [0.29, 0.717) is 10.2 Å². The first-order chi connectivity index (χ1) is 7.71. The highest BCUT2D eigenvalue weighted by Crippen LogP contribution is 2.36. The van der Waals surface area contributed by atoms with E-state index < -0.39 is 18.3 Å². The first-order valence-corrected chi connectivity index (χ1v) is 6.19. The fourth-order valence-electron chi connectivity index (χ4n) is 1.57. The minimum absolute atomic E-state index is 0.364. The molecule has 0 radical (unpaired) electrons. The van der Waals surface area contributed by atoms with Gasteiger partial charge in [0.15, 0.2) is 0 Å². The normalized spacial score (nSPS) is 21.9. The van der Waals surface area contributed by atoms with Gasteiger partial charge >= 0.3 is 7.12 Å². The van der Waals surface area contributed by atoms with E-state index in [1.54, 1.807) is 0 Å². The molecule has 0 saturated carbocycles. The molecule has 1 aromatic heterocycles. The molecular weight excluding hydrogens is 288 g/mol. The Kier molecular flexibility index (Phi) is 3.08. The van der Waals surface area contributed by atoms with E-state index in [-0.39, 0.29) is 5.82 Å². The minimum atomic E-state index is -0.632. The summed E-state index contributed by atoms with van der Waals surface area (Å²) < 4.78 is 25.3. The van der Waals surface area contributed by atoms with Crippen LogP contribution in [0.25, 0.3) is 0 Å². The van der Waals surface area contributed by atoms with Crippen molar-refractivity contribution in [2.45, 2.75) is 38.9 Å². The molecule has 0 aliphatic carbocycles. The van der Waals surface area contributed by atoms with Crippen LogP contribution in [0.5, 0.6) is 0 Å². The summed E-state index contributed by atoms with van der Waals surface area (Å²) in [5.74, 6) is -0.364. The van der Waals surface area contributed by atoms with E-state index in [0.717, 1.165) is 0 Å². The molecule has 1 saturated heterocycles. The molecule has 1 fully saturated rings. The maximum atomic E-state index is 13.3. The highest BCUT2D eigenvalue weighted by Gasteiger charge is 2.52. The number of nitrogens with zero attached hydrogens (tertiary/aromatic N) is 1. The Morgan fingerprint density at radius 2 is 1.71 bits per heavy atom. The number of hydrogen-bond donors (Lipinski definition) is 0. The Balaban J connectivity index is 2.32. The Bertz CT molecular complexity index is 417. The molecule has 2 heterocycles. The van der Waals surface area contributed by atoms with Crippen molar-refractivity contribution in [1.82, 2.24) is 4.98 Å². The minimum Gasteiger partial charge on any atom is -0.398 e. The highest BCUT2D eigenvalue weighted by atomic mass is 79.9. The van der Waals surface area contributed by atoms with E-state index in [2.05, 4.69) is 20.9 Å². The summed E-state index contributed by atoms with van der Waals surface area (Å²) >= 11 is 3.15. The molecule has 1 aromatic rings. The lowest BCUT2D eigenvalue weighted by molar-refractivity contribution is 0.00578. The Morgan fingerprint density at radius 3 is 2.18 bits per heavy atom. The second-order valence-corrected chi connectivity index (χ2v) is 5.93. The van der Waals surface area contributed by atoms with Gasteiger partial charge in [0.1, 0.15) is 10.4 Å². The molecule has 3 nitrogen and oxygen atoms in total. The third-order valence-electron chi connectivity index (χ3n) is 3.27. The fraction of sp³-hybridized carbons (Fsp3) is 0.545.